The summed E-state index contributed by atoms with van der Waals surface area (Å²) in [6.45, 7) is 5.33. The van der Waals surface area contributed by atoms with E-state index < -0.39 is 0 Å². The van der Waals surface area contributed by atoms with E-state index in [0.29, 0.717) is 13.0 Å². The quantitative estimate of drug-likeness (QED) is 0.821. The second-order valence-corrected chi connectivity index (χ2v) is 4.40. The maximum Gasteiger partial charge on any atom is 0.222 e. The van der Waals surface area contributed by atoms with Gasteiger partial charge in [0.05, 0.1) is 7.11 Å². The number of nitrogens with zero attached hydrogens (tertiary/aromatic N) is 1. The Kier molecular flexibility index (Phi) is 6.36. The molecule has 4 heteroatoms. The highest BCUT2D eigenvalue weighted by molar-refractivity contribution is 5.75. The number of carbonyl (C=O) groups excluding carboxylic acids is 1. The van der Waals surface area contributed by atoms with Crippen LogP contribution in [0.5, 0.6) is 5.75 Å². The average molecular weight is 264 g/mol. The third-order valence-corrected chi connectivity index (χ3v) is 3.31. The fourth-order valence-corrected chi connectivity index (χ4v) is 2.05. The number of rotatable bonds is 7. The summed E-state index contributed by atoms with van der Waals surface area (Å²) < 4.78 is 5.16. The van der Waals surface area contributed by atoms with Gasteiger partial charge in [-0.25, -0.2) is 0 Å². The Morgan fingerprint density at radius 3 is 2.37 bits per heavy atom. The maximum atomic E-state index is 11.8. The van der Waals surface area contributed by atoms with Crippen LogP contribution in [0.25, 0.3) is 0 Å². The zero-order chi connectivity index (χ0) is 14.3. The first-order valence-electron chi connectivity index (χ1n) is 6.75. The predicted molar refractivity (Wildman–Crippen MR) is 77.3 cm³/mol. The Bertz CT molecular complexity index is 390. The molecule has 0 spiro atoms. The highest BCUT2D eigenvalue weighted by Crippen LogP contribution is 2.18. The molecule has 106 valence electrons. The number of hydrogen-bond donors (Lipinski definition) is 1. The summed E-state index contributed by atoms with van der Waals surface area (Å²) in [6.07, 6.45) is 0.548. The van der Waals surface area contributed by atoms with E-state index in [1.807, 2.05) is 50.1 Å². The zero-order valence-corrected chi connectivity index (χ0v) is 12.3. The van der Waals surface area contributed by atoms with E-state index in [2.05, 4.69) is 5.32 Å². The minimum Gasteiger partial charge on any atom is -0.497 e. The molecule has 1 N–H and O–H groups in total. The van der Waals surface area contributed by atoms with Crippen LogP contribution < -0.4 is 10.1 Å². The molecule has 0 aliphatic rings. The summed E-state index contributed by atoms with van der Waals surface area (Å²) in [5.74, 6) is 1.03. The molecule has 1 aromatic rings. The molecule has 1 unspecified atom stereocenters. The Balaban J connectivity index is 2.78. The normalized spacial score (nSPS) is 12.0. The Hall–Kier alpha value is -1.55. The van der Waals surface area contributed by atoms with Crippen LogP contribution in [0.2, 0.25) is 0 Å². The molecule has 0 aliphatic carbocycles. The lowest BCUT2D eigenvalue weighted by molar-refractivity contribution is -0.131. The van der Waals surface area contributed by atoms with Gasteiger partial charge in [0.2, 0.25) is 5.91 Å². The summed E-state index contributed by atoms with van der Waals surface area (Å²) in [5.41, 5.74) is 1.16. The van der Waals surface area contributed by atoms with Gasteiger partial charge in [0.1, 0.15) is 5.75 Å². The van der Waals surface area contributed by atoms with Gasteiger partial charge in [0, 0.05) is 25.6 Å². The molecule has 4 nitrogen and oxygen atoms in total. The minimum atomic E-state index is 0.140. The van der Waals surface area contributed by atoms with Crippen LogP contribution in [0.3, 0.4) is 0 Å². The van der Waals surface area contributed by atoms with Gasteiger partial charge in [-0.3, -0.25) is 4.79 Å². The number of benzene rings is 1. The number of ether oxygens (including phenoxy) is 1. The molecular formula is C15H24N2O2. The van der Waals surface area contributed by atoms with Crippen molar-refractivity contribution in [1.29, 1.82) is 0 Å². The van der Waals surface area contributed by atoms with Crippen molar-refractivity contribution in [3.05, 3.63) is 29.8 Å². The van der Waals surface area contributed by atoms with Crippen molar-refractivity contribution in [2.24, 2.45) is 0 Å². The Morgan fingerprint density at radius 2 is 1.95 bits per heavy atom. The summed E-state index contributed by atoms with van der Waals surface area (Å²) >= 11 is 0. The molecule has 1 rings (SSSR count). The van der Waals surface area contributed by atoms with Gasteiger partial charge in [-0.1, -0.05) is 19.1 Å². The Labute approximate surface area is 115 Å². The third-order valence-electron chi connectivity index (χ3n) is 3.31. The number of likely N-dealkylation sites (N-methyl/N-ethyl adjacent to an activating group) is 2. The lowest BCUT2D eigenvalue weighted by atomic mass is 10.1. The van der Waals surface area contributed by atoms with Gasteiger partial charge in [-0.05, 0) is 31.7 Å². The van der Waals surface area contributed by atoms with Crippen molar-refractivity contribution in [2.75, 3.05) is 27.2 Å². The second-order valence-electron chi connectivity index (χ2n) is 4.40. The number of amides is 1. The van der Waals surface area contributed by atoms with Crippen LogP contribution in [-0.4, -0.2) is 38.1 Å². The van der Waals surface area contributed by atoms with Gasteiger partial charge in [-0.2, -0.15) is 0 Å². The van der Waals surface area contributed by atoms with E-state index in [-0.39, 0.29) is 11.9 Å². The molecule has 0 bridgehead atoms. The van der Waals surface area contributed by atoms with Crippen molar-refractivity contribution >= 4 is 5.91 Å². The molecule has 1 amide bonds. The van der Waals surface area contributed by atoms with Crippen molar-refractivity contribution in [2.45, 2.75) is 26.3 Å². The molecule has 0 radical (unpaired) electrons. The topological polar surface area (TPSA) is 41.6 Å². The second kappa shape index (κ2) is 7.79. The van der Waals surface area contributed by atoms with Crippen LogP contribution in [-0.2, 0) is 4.79 Å². The molecule has 0 saturated heterocycles. The molecule has 1 aromatic carbocycles. The van der Waals surface area contributed by atoms with Crippen molar-refractivity contribution < 1.29 is 9.53 Å². The monoisotopic (exact) mass is 264 g/mol. The molecule has 0 aromatic heterocycles. The predicted octanol–water partition coefficient (Wildman–Crippen LogP) is 2.21. The maximum absolute atomic E-state index is 11.8. The third kappa shape index (κ3) is 4.24. The number of nitrogens with one attached hydrogen (secondary N) is 1. The fraction of sp³-hybridized carbons (Fsp3) is 0.533. The minimum absolute atomic E-state index is 0.140. The van der Waals surface area contributed by atoms with Gasteiger partial charge in [-0.15, -0.1) is 0 Å². The SMILES string of the molecule is CCC(=O)N(CC)CC(NC)c1ccc(OC)cc1. The van der Waals surface area contributed by atoms with E-state index in [1.165, 1.54) is 0 Å². The molecule has 0 fully saturated rings. The standard InChI is InChI=1S/C15H24N2O2/c1-5-15(18)17(6-2)11-14(16-3)12-7-9-13(19-4)10-8-12/h7-10,14,16H,5-6,11H2,1-4H3. The van der Waals surface area contributed by atoms with Crippen LogP contribution in [0.1, 0.15) is 31.9 Å². The van der Waals surface area contributed by atoms with Gasteiger partial charge in [0.25, 0.3) is 0 Å². The van der Waals surface area contributed by atoms with Crippen molar-refractivity contribution in [1.82, 2.24) is 10.2 Å². The highest BCUT2D eigenvalue weighted by Gasteiger charge is 2.16. The smallest absolute Gasteiger partial charge is 0.222 e. The molecule has 19 heavy (non-hydrogen) atoms. The van der Waals surface area contributed by atoms with Crippen LogP contribution >= 0.6 is 0 Å². The zero-order valence-electron chi connectivity index (χ0n) is 12.3. The summed E-state index contributed by atoms with van der Waals surface area (Å²) in [5, 5.41) is 3.26. The summed E-state index contributed by atoms with van der Waals surface area (Å²) in [7, 11) is 3.57. The average Bonchev–Trinajstić information content (AvgIpc) is 2.48. The molecule has 1 atom stereocenters. The molecule has 0 saturated carbocycles. The van der Waals surface area contributed by atoms with Crippen LogP contribution in [0, 0.1) is 0 Å². The van der Waals surface area contributed by atoms with Gasteiger partial charge < -0.3 is 15.0 Å². The number of methoxy groups -OCH3 is 1. The molecule has 0 aliphatic heterocycles. The van der Waals surface area contributed by atoms with Gasteiger partial charge in [0.15, 0.2) is 0 Å². The molecule has 0 heterocycles. The van der Waals surface area contributed by atoms with Crippen molar-refractivity contribution in [3.8, 4) is 5.75 Å². The van der Waals surface area contributed by atoms with Crippen LogP contribution in [0.15, 0.2) is 24.3 Å². The van der Waals surface area contributed by atoms with E-state index in [0.717, 1.165) is 17.9 Å². The van der Waals surface area contributed by atoms with E-state index >= 15 is 0 Å². The van der Waals surface area contributed by atoms with Gasteiger partial charge >= 0.3 is 0 Å². The first kappa shape index (κ1) is 15.5. The largest absolute Gasteiger partial charge is 0.497 e. The summed E-state index contributed by atoms with van der Waals surface area (Å²) in [6, 6.07) is 8.09. The number of hydrogen-bond acceptors (Lipinski definition) is 3. The lowest BCUT2D eigenvalue weighted by Gasteiger charge is -2.26. The summed E-state index contributed by atoms with van der Waals surface area (Å²) in [4.78, 5) is 13.7. The first-order valence-corrected chi connectivity index (χ1v) is 6.75. The first-order chi connectivity index (χ1) is 9.15. The van der Waals surface area contributed by atoms with Crippen molar-refractivity contribution in [3.63, 3.8) is 0 Å². The van der Waals surface area contributed by atoms with E-state index in [9.17, 15) is 4.79 Å². The fourth-order valence-electron chi connectivity index (χ4n) is 2.05. The van der Waals surface area contributed by atoms with Crippen LogP contribution in [0.4, 0.5) is 0 Å². The lowest BCUT2D eigenvalue weighted by Crippen LogP contribution is -2.37. The Morgan fingerprint density at radius 1 is 1.32 bits per heavy atom. The van der Waals surface area contributed by atoms with E-state index in [4.69, 9.17) is 4.74 Å². The van der Waals surface area contributed by atoms with E-state index in [1.54, 1.807) is 7.11 Å². The number of carbonyl (C=O) groups is 1. The highest BCUT2D eigenvalue weighted by atomic mass is 16.5. The molecular weight excluding hydrogens is 240 g/mol.